The molecule has 0 radical (unpaired) electrons. The number of carbonyl (C=O) groups is 1. The fourth-order valence-corrected chi connectivity index (χ4v) is 3.38. The van der Waals surface area contributed by atoms with Crippen molar-refractivity contribution in [2.75, 3.05) is 14.2 Å². The summed E-state index contributed by atoms with van der Waals surface area (Å²) in [7, 11) is 3.20. The summed E-state index contributed by atoms with van der Waals surface area (Å²) in [5, 5.41) is 0. The number of ether oxygens (including phenoxy) is 3. The third kappa shape index (κ3) is 5.67. The van der Waals surface area contributed by atoms with Gasteiger partial charge in [-0.25, -0.2) is 4.79 Å². The molecule has 0 atom stereocenters. The van der Waals surface area contributed by atoms with Crippen LogP contribution in [0.4, 0.5) is 0 Å². The molecule has 3 aromatic rings. The maximum atomic E-state index is 12.6. The molecule has 0 N–H and O–H groups in total. The predicted octanol–water partition coefficient (Wildman–Crippen LogP) is 6.42. The lowest BCUT2D eigenvalue weighted by Gasteiger charge is -2.12. The van der Waals surface area contributed by atoms with Gasteiger partial charge in [-0.1, -0.05) is 48.6 Å². The Morgan fingerprint density at radius 1 is 0.812 bits per heavy atom. The first-order valence-electron chi connectivity index (χ1n) is 10.4. The van der Waals surface area contributed by atoms with Crippen LogP contribution in [0.2, 0.25) is 0 Å². The molecule has 0 aliphatic rings. The van der Waals surface area contributed by atoms with Crippen molar-refractivity contribution >= 4 is 24.2 Å². The molecule has 0 saturated carbocycles. The summed E-state index contributed by atoms with van der Waals surface area (Å²) in [5.41, 5.74) is 5.76. The molecule has 3 rings (SSSR count). The van der Waals surface area contributed by atoms with Crippen LogP contribution in [0.25, 0.3) is 18.2 Å². The number of carbonyl (C=O) groups excluding carboxylic acids is 1. The molecule has 0 saturated heterocycles. The smallest absolute Gasteiger partial charge is 0.336 e. The Morgan fingerprint density at radius 2 is 1.56 bits per heavy atom. The molecule has 0 aromatic heterocycles. The van der Waals surface area contributed by atoms with Gasteiger partial charge in [0.25, 0.3) is 0 Å². The van der Waals surface area contributed by atoms with Crippen LogP contribution in [-0.4, -0.2) is 20.2 Å². The van der Waals surface area contributed by atoms with E-state index in [0.29, 0.717) is 17.2 Å². The van der Waals surface area contributed by atoms with Crippen LogP contribution in [0.1, 0.15) is 33.4 Å². The largest absolute Gasteiger partial charge is 0.497 e. The molecule has 0 fully saturated rings. The van der Waals surface area contributed by atoms with Gasteiger partial charge in [0, 0.05) is 17.7 Å². The summed E-state index contributed by atoms with van der Waals surface area (Å²) in [5.74, 6) is 1.39. The van der Waals surface area contributed by atoms with Crippen molar-refractivity contribution in [2.45, 2.75) is 20.8 Å². The Kier molecular flexibility index (Phi) is 7.50. The summed E-state index contributed by atoms with van der Waals surface area (Å²) in [6, 6.07) is 17.6. The monoisotopic (exact) mass is 428 g/mol. The lowest BCUT2D eigenvalue weighted by Crippen LogP contribution is -2.06. The van der Waals surface area contributed by atoms with E-state index in [1.165, 1.54) is 6.08 Å². The van der Waals surface area contributed by atoms with Gasteiger partial charge >= 0.3 is 5.97 Å². The van der Waals surface area contributed by atoms with E-state index in [0.717, 1.165) is 33.4 Å². The highest BCUT2D eigenvalue weighted by Crippen LogP contribution is 2.31. The SMILES string of the molecule is COc1cc(/C=C/c2ccccc2)c(/C=C/C(=O)Oc2cc(C)cc(C)c2C)c(OC)c1. The van der Waals surface area contributed by atoms with Crippen LogP contribution in [0, 0.1) is 20.8 Å². The van der Waals surface area contributed by atoms with Gasteiger partial charge < -0.3 is 14.2 Å². The molecular formula is C28H28O4. The highest BCUT2D eigenvalue weighted by molar-refractivity contribution is 5.91. The summed E-state index contributed by atoms with van der Waals surface area (Å²) in [4.78, 5) is 12.6. The van der Waals surface area contributed by atoms with Crippen LogP contribution in [0.15, 0.2) is 60.7 Å². The van der Waals surface area contributed by atoms with Gasteiger partial charge in [-0.2, -0.15) is 0 Å². The third-order valence-corrected chi connectivity index (χ3v) is 5.22. The molecular weight excluding hydrogens is 400 g/mol. The Balaban J connectivity index is 1.92. The highest BCUT2D eigenvalue weighted by Gasteiger charge is 2.11. The Bertz CT molecular complexity index is 1160. The zero-order valence-electron chi connectivity index (χ0n) is 19.1. The Hall–Kier alpha value is -3.79. The van der Waals surface area contributed by atoms with E-state index in [1.807, 2.05) is 75.4 Å². The second kappa shape index (κ2) is 10.5. The van der Waals surface area contributed by atoms with Gasteiger partial charge in [0.05, 0.1) is 14.2 Å². The lowest BCUT2D eigenvalue weighted by molar-refractivity contribution is -0.128. The molecule has 0 heterocycles. The van der Waals surface area contributed by atoms with Gasteiger partial charge in [0.2, 0.25) is 0 Å². The van der Waals surface area contributed by atoms with Crippen molar-refractivity contribution in [3.8, 4) is 17.2 Å². The van der Waals surface area contributed by atoms with Crippen LogP contribution in [-0.2, 0) is 4.79 Å². The fraction of sp³-hybridized carbons (Fsp3) is 0.179. The molecule has 0 aliphatic heterocycles. The molecule has 0 bridgehead atoms. The predicted molar refractivity (Wildman–Crippen MR) is 130 cm³/mol. The molecule has 0 aliphatic carbocycles. The van der Waals surface area contributed by atoms with E-state index in [1.54, 1.807) is 26.4 Å². The lowest BCUT2D eigenvalue weighted by atomic mass is 10.0. The van der Waals surface area contributed by atoms with Crippen molar-refractivity contribution < 1.29 is 19.0 Å². The second-order valence-corrected chi connectivity index (χ2v) is 7.54. The number of hydrogen-bond donors (Lipinski definition) is 0. The highest BCUT2D eigenvalue weighted by atomic mass is 16.5. The van der Waals surface area contributed by atoms with Crippen LogP contribution in [0.3, 0.4) is 0 Å². The second-order valence-electron chi connectivity index (χ2n) is 7.54. The van der Waals surface area contributed by atoms with Crippen molar-refractivity contribution in [2.24, 2.45) is 0 Å². The van der Waals surface area contributed by atoms with Crippen molar-refractivity contribution in [3.63, 3.8) is 0 Å². The maximum Gasteiger partial charge on any atom is 0.336 e. The Morgan fingerprint density at radius 3 is 2.25 bits per heavy atom. The minimum absolute atomic E-state index is 0.450. The summed E-state index contributed by atoms with van der Waals surface area (Å²) >= 11 is 0. The van der Waals surface area contributed by atoms with E-state index in [-0.39, 0.29) is 0 Å². The molecule has 0 amide bonds. The first-order valence-corrected chi connectivity index (χ1v) is 10.4. The van der Waals surface area contributed by atoms with E-state index in [4.69, 9.17) is 14.2 Å². The minimum atomic E-state index is -0.450. The summed E-state index contributed by atoms with van der Waals surface area (Å²) < 4.78 is 16.6. The van der Waals surface area contributed by atoms with Crippen molar-refractivity contribution in [1.82, 2.24) is 0 Å². The van der Waals surface area contributed by atoms with E-state index < -0.39 is 5.97 Å². The topological polar surface area (TPSA) is 44.8 Å². The first kappa shape index (κ1) is 22.9. The van der Waals surface area contributed by atoms with Crippen molar-refractivity contribution in [3.05, 3.63) is 94.1 Å². The Labute approximate surface area is 189 Å². The first-order chi connectivity index (χ1) is 15.4. The molecule has 0 spiro atoms. The van der Waals surface area contributed by atoms with Gasteiger partial charge in [0.1, 0.15) is 17.2 Å². The van der Waals surface area contributed by atoms with Gasteiger partial charge in [-0.15, -0.1) is 0 Å². The molecule has 32 heavy (non-hydrogen) atoms. The quantitative estimate of drug-likeness (QED) is 0.189. The molecule has 0 unspecified atom stereocenters. The number of hydrogen-bond acceptors (Lipinski definition) is 4. The average Bonchev–Trinajstić information content (AvgIpc) is 2.79. The number of aryl methyl sites for hydroxylation is 2. The van der Waals surface area contributed by atoms with Crippen LogP contribution in [0.5, 0.6) is 17.2 Å². The van der Waals surface area contributed by atoms with E-state index in [2.05, 4.69) is 6.07 Å². The van der Waals surface area contributed by atoms with E-state index >= 15 is 0 Å². The van der Waals surface area contributed by atoms with Gasteiger partial charge in [-0.3, -0.25) is 0 Å². The zero-order chi connectivity index (χ0) is 23.1. The van der Waals surface area contributed by atoms with Crippen molar-refractivity contribution in [1.29, 1.82) is 0 Å². The third-order valence-electron chi connectivity index (χ3n) is 5.22. The van der Waals surface area contributed by atoms with Gasteiger partial charge in [0.15, 0.2) is 0 Å². The number of rotatable bonds is 7. The standard InChI is InChI=1S/C28H28O4/c1-19-15-20(2)21(3)26(16-19)32-28(29)14-13-25-23(12-11-22-9-7-6-8-10-22)17-24(30-4)18-27(25)31-5/h6-18H,1-5H3/b12-11+,14-13+. The molecule has 3 aromatic carbocycles. The molecule has 4 nitrogen and oxygen atoms in total. The number of methoxy groups -OCH3 is 2. The van der Waals surface area contributed by atoms with Crippen LogP contribution < -0.4 is 14.2 Å². The summed E-state index contributed by atoms with van der Waals surface area (Å²) in [6.07, 6.45) is 7.10. The molecule has 164 valence electrons. The van der Waals surface area contributed by atoms with E-state index in [9.17, 15) is 4.79 Å². The maximum absolute atomic E-state index is 12.6. The average molecular weight is 429 g/mol. The number of benzene rings is 3. The van der Waals surface area contributed by atoms with Gasteiger partial charge in [-0.05, 0) is 66.8 Å². The summed E-state index contributed by atoms with van der Waals surface area (Å²) in [6.45, 7) is 5.93. The zero-order valence-corrected chi connectivity index (χ0v) is 19.1. The normalized spacial score (nSPS) is 11.2. The fourth-order valence-electron chi connectivity index (χ4n) is 3.38. The molecule has 4 heteroatoms. The van der Waals surface area contributed by atoms with Crippen LogP contribution >= 0.6 is 0 Å². The number of esters is 1. The minimum Gasteiger partial charge on any atom is -0.497 e.